The van der Waals surface area contributed by atoms with Gasteiger partial charge in [-0.05, 0) is 31.5 Å². The van der Waals surface area contributed by atoms with Crippen molar-refractivity contribution in [2.75, 3.05) is 32.2 Å². The average molecular weight is 399 g/mol. The highest BCUT2D eigenvalue weighted by Crippen LogP contribution is 2.25. The zero-order valence-corrected chi connectivity index (χ0v) is 17.5. The molecule has 3 rings (SSSR count). The van der Waals surface area contributed by atoms with Gasteiger partial charge in [-0.2, -0.15) is 0 Å². The zero-order valence-electron chi connectivity index (χ0n) is 17.5. The van der Waals surface area contributed by atoms with Gasteiger partial charge in [0.25, 0.3) is 0 Å². The van der Waals surface area contributed by atoms with E-state index in [1.165, 1.54) is 0 Å². The number of pyridine rings is 1. The number of rotatable bonds is 7. The molecule has 1 aromatic heterocycles. The molecule has 0 saturated carbocycles. The number of nitrogens with zero attached hydrogens (tertiary/aromatic N) is 2. The van der Waals surface area contributed by atoms with Crippen LogP contribution in [0.25, 0.3) is 0 Å². The maximum atomic E-state index is 12.4. The molecule has 1 fully saturated rings. The van der Waals surface area contributed by atoms with Gasteiger partial charge in [0.15, 0.2) is 0 Å². The molecule has 29 heavy (non-hydrogen) atoms. The second kappa shape index (κ2) is 9.60. The molecule has 0 spiro atoms. The van der Waals surface area contributed by atoms with Crippen LogP contribution < -0.4 is 19.7 Å². The fourth-order valence-electron chi connectivity index (χ4n) is 3.51. The van der Waals surface area contributed by atoms with Crippen molar-refractivity contribution >= 4 is 11.7 Å². The second-order valence-corrected chi connectivity index (χ2v) is 7.32. The Bertz CT molecular complexity index is 815. The van der Waals surface area contributed by atoms with E-state index in [1.54, 1.807) is 20.3 Å². The third-order valence-electron chi connectivity index (χ3n) is 4.89. The predicted octanol–water partition coefficient (Wildman–Crippen LogP) is 2.57. The van der Waals surface area contributed by atoms with Crippen molar-refractivity contribution in [1.82, 2.24) is 10.3 Å². The van der Waals surface area contributed by atoms with Crippen molar-refractivity contribution in [3.8, 4) is 11.5 Å². The Labute approximate surface area is 172 Å². The second-order valence-electron chi connectivity index (χ2n) is 7.32. The summed E-state index contributed by atoms with van der Waals surface area (Å²) in [4.78, 5) is 19.2. The first-order valence-electron chi connectivity index (χ1n) is 9.81. The van der Waals surface area contributed by atoms with E-state index < -0.39 is 0 Å². The molecule has 0 aliphatic carbocycles. The van der Waals surface area contributed by atoms with E-state index in [0.29, 0.717) is 18.0 Å². The highest BCUT2D eigenvalue weighted by Gasteiger charge is 2.23. The molecule has 1 N–H and O–H groups in total. The summed E-state index contributed by atoms with van der Waals surface area (Å²) < 4.78 is 16.3. The summed E-state index contributed by atoms with van der Waals surface area (Å²) in [7, 11) is 3.18. The van der Waals surface area contributed by atoms with Gasteiger partial charge in [-0.25, -0.2) is 4.98 Å². The topological polar surface area (TPSA) is 72.9 Å². The molecule has 1 amide bonds. The number of methoxy groups -OCH3 is 2. The molecule has 2 heterocycles. The molecule has 1 aliphatic rings. The first-order valence-corrected chi connectivity index (χ1v) is 9.81. The Balaban J connectivity index is 1.54. The van der Waals surface area contributed by atoms with Crippen molar-refractivity contribution < 1.29 is 19.0 Å². The first kappa shape index (κ1) is 20.9. The van der Waals surface area contributed by atoms with Gasteiger partial charge in [0, 0.05) is 37.5 Å². The van der Waals surface area contributed by atoms with Crippen molar-refractivity contribution in [2.45, 2.75) is 39.0 Å². The van der Waals surface area contributed by atoms with Crippen LogP contribution in [0.15, 0.2) is 36.5 Å². The smallest absolute Gasteiger partial charge is 0.224 e. The zero-order chi connectivity index (χ0) is 20.8. The maximum absolute atomic E-state index is 12.4. The number of carbonyl (C=O) groups excluding carboxylic acids is 1. The van der Waals surface area contributed by atoms with Crippen molar-refractivity contribution in [2.24, 2.45) is 0 Å². The molecular formula is C22H29N3O4. The lowest BCUT2D eigenvalue weighted by Crippen LogP contribution is -2.45. The van der Waals surface area contributed by atoms with E-state index in [1.807, 2.05) is 30.5 Å². The molecule has 1 saturated heterocycles. The van der Waals surface area contributed by atoms with E-state index in [-0.39, 0.29) is 24.5 Å². The number of amides is 1. The lowest BCUT2D eigenvalue weighted by molar-refractivity contribution is -0.120. The van der Waals surface area contributed by atoms with Crippen molar-refractivity contribution in [1.29, 1.82) is 0 Å². The minimum atomic E-state index is -0.0756. The maximum Gasteiger partial charge on any atom is 0.224 e. The SMILES string of the molecule is COc1ccc(CC(=O)NCc2ccc(N3CC(C)OC(C)C3)nc2)c(OC)c1. The normalized spacial score (nSPS) is 19.0. The number of benzene rings is 1. The fraction of sp³-hybridized carbons (Fsp3) is 0.455. The van der Waals surface area contributed by atoms with E-state index in [9.17, 15) is 4.79 Å². The molecule has 0 radical (unpaired) electrons. The van der Waals surface area contributed by atoms with Gasteiger partial charge in [-0.15, -0.1) is 0 Å². The molecular weight excluding hydrogens is 370 g/mol. The number of hydrogen-bond donors (Lipinski definition) is 1. The minimum Gasteiger partial charge on any atom is -0.497 e. The summed E-state index contributed by atoms with van der Waals surface area (Å²) in [6.07, 6.45) is 2.43. The monoisotopic (exact) mass is 399 g/mol. The summed E-state index contributed by atoms with van der Waals surface area (Å²) >= 11 is 0. The molecule has 2 aromatic rings. The van der Waals surface area contributed by atoms with Crippen LogP contribution >= 0.6 is 0 Å². The Kier molecular flexibility index (Phi) is 6.93. The standard InChI is InChI=1S/C22H29N3O4/c1-15-13-25(14-16(2)29-15)21-8-5-17(11-23-21)12-24-22(26)9-18-6-7-19(27-3)10-20(18)28-4/h5-8,10-11,15-16H,9,12-14H2,1-4H3,(H,24,26). The molecule has 2 atom stereocenters. The van der Waals surface area contributed by atoms with Crippen LogP contribution in [-0.2, 0) is 22.5 Å². The summed E-state index contributed by atoms with van der Waals surface area (Å²) in [5, 5.41) is 2.94. The number of aromatic nitrogens is 1. The van der Waals surface area contributed by atoms with Gasteiger partial charge in [-0.3, -0.25) is 4.79 Å². The molecule has 2 unspecified atom stereocenters. The van der Waals surface area contributed by atoms with Crippen LogP contribution in [0.5, 0.6) is 11.5 Å². The first-order chi connectivity index (χ1) is 14.0. The van der Waals surface area contributed by atoms with Gasteiger partial charge >= 0.3 is 0 Å². The summed E-state index contributed by atoms with van der Waals surface area (Å²) in [6.45, 7) is 6.24. The minimum absolute atomic E-state index is 0.0756. The number of anilines is 1. The highest BCUT2D eigenvalue weighted by atomic mass is 16.5. The van der Waals surface area contributed by atoms with Crippen LogP contribution in [0.1, 0.15) is 25.0 Å². The Morgan fingerprint density at radius 1 is 1.17 bits per heavy atom. The van der Waals surface area contributed by atoms with E-state index >= 15 is 0 Å². The number of hydrogen-bond acceptors (Lipinski definition) is 6. The van der Waals surface area contributed by atoms with Gasteiger partial charge in [-0.1, -0.05) is 12.1 Å². The van der Waals surface area contributed by atoms with Gasteiger partial charge in [0.2, 0.25) is 5.91 Å². The third kappa shape index (κ3) is 5.60. The van der Waals surface area contributed by atoms with E-state index in [0.717, 1.165) is 30.0 Å². The Morgan fingerprint density at radius 3 is 2.55 bits per heavy atom. The number of carbonyl (C=O) groups is 1. The summed E-state index contributed by atoms with van der Waals surface area (Å²) in [5.74, 6) is 2.19. The Morgan fingerprint density at radius 2 is 1.93 bits per heavy atom. The summed E-state index contributed by atoms with van der Waals surface area (Å²) in [5.41, 5.74) is 1.77. The van der Waals surface area contributed by atoms with E-state index in [2.05, 4.69) is 29.0 Å². The van der Waals surface area contributed by atoms with E-state index in [4.69, 9.17) is 14.2 Å². The van der Waals surface area contributed by atoms with Crippen LogP contribution in [-0.4, -0.2) is 50.4 Å². The van der Waals surface area contributed by atoms with Crippen LogP contribution in [0.2, 0.25) is 0 Å². The van der Waals surface area contributed by atoms with Crippen molar-refractivity contribution in [3.63, 3.8) is 0 Å². The van der Waals surface area contributed by atoms with Crippen LogP contribution in [0.4, 0.5) is 5.82 Å². The lowest BCUT2D eigenvalue weighted by Gasteiger charge is -2.36. The highest BCUT2D eigenvalue weighted by molar-refractivity contribution is 5.79. The van der Waals surface area contributed by atoms with Crippen molar-refractivity contribution in [3.05, 3.63) is 47.7 Å². The summed E-state index contributed by atoms with van der Waals surface area (Å²) in [6, 6.07) is 9.44. The Hall–Kier alpha value is -2.80. The third-order valence-corrected chi connectivity index (χ3v) is 4.89. The number of ether oxygens (including phenoxy) is 3. The van der Waals surface area contributed by atoms with Crippen LogP contribution in [0, 0.1) is 0 Å². The molecule has 7 heteroatoms. The molecule has 7 nitrogen and oxygen atoms in total. The van der Waals surface area contributed by atoms with Crippen LogP contribution in [0.3, 0.4) is 0 Å². The predicted molar refractivity (Wildman–Crippen MR) is 112 cm³/mol. The van der Waals surface area contributed by atoms with Gasteiger partial charge < -0.3 is 24.4 Å². The lowest BCUT2D eigenvalue weighted by atomic mass is 10.1. The molecule has 156 valence electrons. The number of morpholine rings is 1. The van der Waals surface area contributed by atoms with Gasteiger partial charge in [0.05, 0.1) is 32.8 Å². The van der Waals surface area contributed by atoms with Gasteiger partial charge in [0.1, 0.15) is 17.3 Å². The fourth-order valence-corrected chi connectivity index (χ4v) is 3.51. The molecule has 1 aliphatic heterocycles. The molecule has 1 aromatic carbocycles. The molecule has 0 bridgehead atoms. The quantitative estimate of drug-likeness (QED) is 0.772. The largest absolute Gasteiger partial charge is 0.497 e. The number of nitrogens with one attached hydrogen (secondary N) is 1. The average Bonchev–Trinajstić information content (AvgIpc) is 2.72.